The SMILES string of the molecule is COc1cc2c(cc1-c1nnn(C)n1)-c1c(-c3nncs3)cc(C(=O)N(C)[C@](C)(C#N)CC(F)(F)F)n1CC2. The molecule has 4 heterocycles. The molecular formula is C24H22F3N9O2S. The molecule has 39 heavy (non-hydrogen) atoms. The van der Waals surface area contributed by atoms with Crippen LogP contribution in [0.15, 0.2) is 23.7 Å². The highest BCUT2D eigenvalue weighted by Crippen LogP contribution is 2.44. The van der Waals surface area contributed by atoms with Gasteiger partial charge >= 0.3 is 6.18 Å². The van der Waals surface area contributed by atoms with Crippen molar-refractivity contribution < 1.29 is 22.7 Å². The van der Waals surface area contributed by atoms with E-state index in [1.807, 2.05) is 12.1 Å². The fourth-order valence-electron chi connectivity index (χ4n) is 4.74. The van der Waals surface area contributed by atoms with E-state index in [0.717, 1.165) is 23.0 Å². The normalized spacial score (nSPS) is 14.2. The van der Waals surface area contributed by atoms with Gasteiger partial charge in [-0.05, 0) is 42.3 Å². The van der Waals surface area contributed by atoms with Gasteiger partial charge in [-0.15, -0.1) is 20.4 Å². The third-order valence-electron chi connectivity index (χ3n) is 6.77. The first-order valence-electron chi connectivity index (χ1n) is 11.7. The van der Waals surface area contributed by atoms with Crippen LogP contribution in [0.2, 0.25) is 0 Å². The lowest BCUT2D eigenvalue weighted by atomic mass is 9.93. The molecule has 0 bridgehead atoms. The number of hydrogen-bond donors (Lipinski definition) is 0. The van der Waals surface area contributed by atoms with Crippen molar-refractivity contribution in [2.24, 2.45) is 7.05 Å². The van der Waals surface area contributed by atoms with E-state index in [1.165, 1.54) is 23.2 Å². The van der Waals surface area contributed by atoms with Crippen LogP contribution in [0, 0.1) is 11.3 Å². The van der Waals surface area contributed by atoms with Crippen LogP contribution in [0.3, 0.4) is 0 Å². The molecule has 1 aromatic carbocycles. The van der Waals surface area contributed by atoms with Gasteiger partial charge in [0.1, 0.15) is 27.5 Å². The number of halogens is 3. The minimum absolute atomic E-state index is 0.141. The number of carbonyl (C=O) groups is 1. The molecule has 0 N–H and O–H groups in total. The maximum absolute atomic E-state index is 13.7. The number of carbonyl (C=O) groups excluding carboxylic acids is 1. The molecule has 11 nitrogen and oxygen atoms in total. The Hall–Kier alpha value is -4.32. The molecule has 0 saturated heterocycles. The van der Waals surface area contributed by atoms with Crippen molar-refractivity contribution in [2.75, 3.05) is 14.2 Å². The topological polar surface area (TPSA) is 128 Å². The highest BCUT2D eigenvalue weighted by molar-refractivity contribution is 7.12. The number of aromatic nitrogens is 7. The van der Waals surface area contributed by atoms with Gasteiger partial charge in [0.2, 0.25) is 5.82 Å². The Balaban J connectivity index is 1.69. The monoisotopic (exact) mass is 557 g/mol. The molecule has 0 radical (unpaired) electrons. The number of benzene rings is 1. The lowest BCUT2D eigenvalue weighted by molar-refractivity contribution is -0.150. The van der Waals surface area contributed by atoms with E-state index >= 15 is 0 Å². The molecule has 1 atom stereocenters. The molecule has 1 amide bonds. The smallest absolute Gasteiger partial charge is 0.392 e. The largest absolute Gasteiger partial charge is 0.496 e. The lowest BCUT2D eigenvalue weighted by Gasteiger charge is -2.34. The summed E-state index contributed by atoms with van der Waals surface area (Å²) in [7, 11) is 4.39. The Morgan fingerprint density at radius 3 is 2.59 bits per heavy atom. The average Bonchev–Trinajstić information content (AvgIpc) is 3.65. The zero-order chi connectivity index (χ0) is 28.1. The Labute approximate surface area is 224 Å². The molecule has 3 aromatic heterocycles. The Kier molecular flexibility index (Phi) is 6.37. The van der Waals surface area contributed by atoms with Gasteiger partial charge in [-0.2, -0.15) is 23.2 Å². The number of nitriles is 1. The van der Waals surface area contributed by atoms with Crippen molar-refractivity contribution in [2.45, 2.75) is 38.0 Å². The molecule has 202 valence electrons. The predicted molar refractivity (Wildman–Crippen MR) is 134 cm³/mol. The van der Waals surface area contributed by atoms with E-state index in [-0.39, 0.29) is 5.69 Å². The Morgan fingerprint density at radius 2 is 2.00 bits per heavy atom. The van der Waals surface area contributed by atoms with Crippen LogP contribution in [0.5, 0.6) is 5.75 Å². The van der Waals surface area contributed by atoms with Crippen LogP contribution in [-0.4, -0.2) is 71.7 Å². The number of nitrogens with zero attached hydrogens (tertiary/aromatic N) is 9. The van der Waals surface area contributed by atoms with Crippen LogP contribution >= 0.6 is 11.3 Å². The summed E-state index contributed by atoms with van der Waals surface area (Å²) in [4.78, 5) is 15.9. The molecule has 0 fully saturated rings. The number of aryl methyl sites for hydroxylation is 2. The highest BCUT2D eigenvalue weighted by Gasteiger charge is 2.45. The van der Waals surface area contributed by atoms with Gasteiger partial charge in [0, 0.05) is 24.7 Å². The summed E-state index contributed by atoms with van der Waals surface area (Å²) < 4.78 is 47.3. The highest BCUT2D eigenvalue weighted by atomic mass is 32.1. The average molecular weight is 558 g/mol. The molecule has 5 rings (SSSR count). The number of tetrazole rings is 1. The first-order chi connectivity index (χ1) is 18.5. The fraction of sp³-hybridized carbons (Fsp3) is 0.375. The van der Waals surface area contributed by atoms with E-state index in [1.54, 1.807) is 36.4 Å². The van der Waals surface area contributed by atoms with Crippen molar-refractivity contribution in [3.63, 3.8) is 0 Å². The number of ether oxygens (including phenoxy) is 1. The third-order valence-corrected chi connectivity index (χ3v) is 7.50. The Bertz CT molecular complexity index is 1600. The number of alkyl halides is 3. The van der Waals surface area contributed by atoms with E-state index in [0.29, 0.717) is 46.4 Å². The second kappa shape index (κ2) is 9.45. The van der Waals surface area contributed by atoms with Crippen LogP contribution in [0.25, 0.3) is 33.2 Å². The maximum Gasteiger partial charge on any atom is 0.392 e. The first kappa shape index (κ1) is 26.3. The van der Waals surface area contributed by atoms with Crippen molar-refractivity contribution in [3.05, 3.63) is 35.0 Å². The summed E-state index contributed by atoms with van der Waals surface area (Å²) in [5, 5.41) is 30.6. The summed E-state index contributed by atoms with van der Waals surface area (Å²) in [6.07, 6.45) is -5.59. The number of methoxy groups -OCH3 is 1. The van der Waals surface area contributed by atoms with E-state index in [9.17, 15) is 23.2 Å². The molecule has 1 aliphatic heterocycles. The minimum Gasteiger partial charge on any atom is -0.496 e. The van der Waals surface area contributed by atoms with Crippen LogP contribution in [-0.2, 0) is 20.0 Å². The summed E-state index contributed by atoms with van der Waals surface area (Å²) in [6.45, 7) is 1.47. The van der Waals surface area contributed by atoms with Crippen LogP contribution in [0.4, 0.5) is 13.2 Å². The van der Waals surface area contributed by atoms with E-state index in [4.69, 9.17) is 4.74 Å². The van der Waals surface area contributed by atoms with Crippen molar-refractivity contribution in [3.8, 4) is 45.0 Å². The zero-order valence-electron chi connectivity index (χ0n) is 21.3. The van der Waals surface area contributed by atoms with Crippen molar-refractivity contribution in [1.29, 1.82) is 5.26 Å². The summed E-state index contributed by atoms with van der Waals surface area (Å²) >= 11 is 1.26. The van der Waals surface area contributed by atoms with Crippen molar-refractivity contribution in [1.82, 2.24) is 39.9 Å². The van der Waals surface area contributed by atoms with Crippen LogP contribution in [0.1, 0.15) is 29.4 Å². The molecule has 4 aromatic rings. The third kappa shape index (κ3) is 4.60. The van der Waals surface area contributed by atoms with E-state index in [2.05, 4.69) is 25.6 Å². The minimum atomic E-state index is -4.64. The number of rotatable bonds is 6. The van der Waals surface area contributed by atoms with Gasteiger partial charge in [0.15, 0.2) is 0 Å². The maximum atomic E-state index is 13.7. The second-order valence-corrected chi connectivity index (χ2v) is 10.1. The molecule has 0 aliphatic carbocycles. The molecule has 0 unspecified atom stereocenters. The summed E-state index contributed by atoms with van der Waals surface area (Å²) in [5.41, 5.74) is 3.09. The second-order valence-electron chi connectivity index (χ2n) is 9.29. The number of fused-ring (bicyclic) bond motifs is 3. The zero-order valence-corrected chi connectivity index (χ0v) is 22.1. The quantitative estimate of drug-likeness (QED) is 0.351. The molecule has 15 heteroatoms. The Morgan fingerprint density at radius 1 is 1.23 bits per heavy atom. The van der Waals surface area contributed by atoms with Gasteiger partial charge in [-0.25, -0.2) is 0 Å². The van der Waals surface area contributed by atoms with Gasteiger partial charge in [0.05, 0.1) is 37.9 Å². The van der Waals surface area contributed by atoms with Crippen molar-refractivity contribution >= 4 is 17.2 Å². The number of amides is 1. The van der Waals surface area contributed by atoms with Crippen LogP contribution < -0.4 is 4.74 Å². The van der Waals surface area contributed by atoms with E-state index < -0.39 is 24.0 Å². The van der Waals surface area contributed by atoms with Gasteiger partial charge in [-0.3, -0.25) is 4.79 Å². The summed E-state index contributed by atoms with van der Waals surface area (Å²) in [6, 6.07) is 7.00. The van der Waals surface area contributed by atoms with Gasteiger partial charge in [0.25, 0.3) is 5.91 Å². The summed E-state index contributed by atoms with van der Waals surface area (Å²) in [5.74, 6) is 0.173. The molecule has 1 aliphatic rings. The molecule has 0 saturated carbocycles. The molecular weight excluding hydrogens is 535 g/mol. The first-order valence-corrected chi connectivity index (χ1v) is 12.6. The predicted octanol–water partition coefficient (Wildman–Crippen LogP) is 3.74. The van der Waals surface area contributed by atoms with Gasteiger partial charge in [-0.1, -0.05) is 11.3 Å². The number of hydrogen-bond acceptors (Lipinski definition) is 9. The lowest BCUT2D eigenvalue weighted by Crippen LogP contribution is -2.49. The molecule has 0 spiro atoms. The fourth-order valence-corrected chi connectivity index (χ4v) is 5.31. The standard InChI is InChI=1S/C24H22F3N9O2S/c1-23(11-28,10-24(25,26)27)34(2)22(37)17-9-16(21-31-29-12-39-21)19-14-8-15(20-30-33-35(3)32-20)18(38-4)7-13(14)5-6-36(17)19/h7-9,12H,5-6,10H2,1-4H3/t23-/m0/s1. The van der Waals surface area contributed by atoms with Gasteiger partial charge < -0.3 is 14.2 Å².